The van der Waals surface area contributed by atoms with E-state index in [1.807, 2.05) is 0 Å². The van der Waals surface area contributed by atoms with Gasteiger partial charge in [-0.05, 0) is 24.1 Å². The lowest BCUT2D eigenvalue weighted by atomic mass is 10.1. The van der Waals surface area contributed by atoms with Gasteiger partial charge in [0.15, 0.2) is 0 Å². The average Bonchev–Trinajstić information content (AvgIpc) is 2.96. The number of fused-ring (bicyclic) bond motifs is 3. The molecular formula is C17H16N2O7S. The number of aliphatic carboxylic acids is 1. The molecule has 0 bridgehead atoms. The highest BCUT2D eigenvalue weighted by Crippen LogP contribution is 2.32. The lowest BCUT2D eigenvalue weighted by Crippen LogP contribution is -2.44. The standard InChI is InChI=1S/C17H16N2O7S/c1-9(2)16(17(20)21)18-27(24,25)11-4-5-12-13-7-10(19(22)23)3-6-14(13)26-15(12)8-11/h3-9,16,18H,1-2H3,(H,20,21). The van der Waals surface area contributed by atoms with Crippen LogP contribution in [0, 0.1) is 16.0 Å². The lowest BCUT2D eigenvalue weighted by Gasteiger charge is -2.17. The normalized spacial score (nSPS) is 13.3. The van der Waals surface area contributed by atoms with Crippen LogP contribution in [0.3, 0.4) is 0 Å². The van der Waals surface area contributed by atoms with Gasteiger partial charge in [-0.15, -0.1) is 0 Å². The molecule has 1 aromatic heterocycles. The molecule has 142 valence electrons. The van der Waals surface area contributed by atoms with Gasteiger partial charge >= 0.3 is 5.97 Å². The van der Waals surface area contributed by atoms with Crippen LogP contribution in [0.2, 0.25) is 0 Å². The van der Waals surface area contributed by atoms with Crippen LogP contribution in [0.5, 0.6) is 0 Å². The Morgan fingerprint density at radius 3 is 2.44 bits per heavy atom. The Morgan fingerprint density at radius 1 is 1.15 bits per heavy atom. The first kappa shape index (κ1) is 18.8. The van der Waals surface area contributed by atoms with Crippen LogP contribution < -0.4 is 4.72 Å². The fourth-order valence-corrected chi connectivity index (χ4v) is 4.09. The van der Waals surface area contributed by atoms with Crippen LogP contribution in [0.4, 0.5) is 5.69 Å². The number of nitro benzene ring substituents is 1. The molecule has 3 aromatic rings. The number of carboxylic acids is 1. The third kappa shape index (κ3) is 3.49. The topological polar surface area (TPSA) is 140 Å². The Balaban J connectivity index is 2.07. The minimum atomic E-state index is -4.10. The van der Waals surface area contributed by atoms with Gasteiger partial charge in [-0.2, -0.15) is 4.72 Å². The van der Waals surface area contributed by atoms with E-state index in [1.165, 1.54) is 36.4 Å². The molecule has 0 amide bonds. The molecule has 0 aliphatic rings. The molecule has 3 rings (SSSR count). The molecule has 0 fully saturated rings. The van der Waals surface area contributed by atoms with Crippen molar-refractivity contribution in [3.05, 3.63) is 46.5 Å². The van der Waals surface area contributed by atoms with Crippen molar-refractivity contribution in [1.29, 1.82) is 0 Å². The van der Waals surface area contributed by atoms with Crippen molar-refractivity contribution in [3.63, 3.8) is 0 Å². The maximum absolute atomic E-state index is 12.5. The Labute approximate surface area is 153 Å². The number of sulfonamides is 1. The minimum absolute atomic E-state index is 0.107. The lowest BCUT2D eigenvalue weighted by molar-refractivity contribution is -0.384. The number of nitro groups is 1. The molecule has 27 heavy (non-hydrogen) atoms. The molecular weight excluding hydrogens is 376 g/mol. The molecule has 1 heterocycles. The van der Waals surface area contributed by atoms with E-state index < -0.39 is 32.9 Å². The summed E-state index contributed by atoms with van der Waals surface area (Å²) in [5.41, 5.74) is 0.498. The number of carboxylic acid groups (broad SMARTS) is 1. The number of hydrogen-bond acceptors (Lipinski definition) is 6. The second kappa shape index (κ2) is 6.63. The highest BCUT2D eigenvalue weighted by atomic mass is 32.2. The summed E-state index contributed by atoms with van der Waals surface area (Å²) in [6.07, 6.45) is 0. The zero-order chi connectivity index (χ0) is 19.9. The van der Waals surface area contributed by atoms with Gasteiger partial charge in [0.25, 0.3) is 5.69 Å². The summed E-state index contributed by atoms with van der Waals surface area (Å²) in [6, 6.07) is 6.87. The largest absolute Gasteiger partial charge is 0.480 e. The van der Waals surface area contributed by atoms with Crippen LogP contribution in [-0.4, -0.2) is 30.5 Å². The molecule has 1 unspecified atom stereocenters. The summed E-state index contributed by atoms with van der Waals surface area (Å²) in [5, 5.41) is 21.1. The predicted octanol–water partition coefficient (Wildman–Crippen LogP) is 2.88. The van der Waals surface area contributed by atoms with Gasteiger partial charge in [0.05, 0.1) is 9.82 Å². The zero-order valence-electron chi connectivity index (χ0n) is 14.4. The molecule has 0 aliphatic carbocycles. The van der Waals surface area contributed by atoms with Crippen molar-refractivity contribution < 1.29 is 27.7 Å². The molecule has 2 N–H and O–H groups in total. The Bertz CT molecular complexity index is 1160. The number of rotatable bonds is 6. The van der Waals surface area contributed by atoms with Gasteiger partial charge in [0.1, 0.15) is 17.2 Å². The third-order valence-electron chi connectivity index (χ3n) is 4.16. The Hall–Kier alpha value is -2.98. The Morgan fingerprint density at radius 2 is 1.85 bits per heavy atom. The first-order chi connectivity index (χ1) is 12.6. The SMILES string of the molecule is CC(C)C(NS(=O)(=O)c1ccc2c(c1)oc1ccc([N+](=O)[O-])cc12)C(=O)O. The number of non-ortho nitro benzene ring substituents is 1. The Kier molecular flexibility index (Phi) is 4.62. The maximum Gasteiger partial charge on any atom is 0.322 e. The number of hydrogen-bond donors (Lipinski definition) is 2. The number of benzene rings is 2. The van der Waals surface area contributed by atoms with E-state index in [0.717, 1.165) is 0 Å². The molecule has 0 saturated carbocycles. The zero-order valence-corrected chi connectivity index (χ0v) is 15.2. The van der Waals surface area contributed by atoms with Gasteiger partial charge < -0.3 is 9.52 Å². The monoisotopic (exact) mass is 392 g/mol. The molecule has 0 aliphatic heterocycles. The van der Waals surface area contributed by atoms with E-state index in [-0.39, 0.29) is 16.2 Å². The van der Waals surface area contributed by atoms with Crippen LogP contribution in [0.25, 0.3) is 21.9 Å². The fraction of sp³-hybridized carbons (Fsp3) is 0.235. The smallest absolute Gasteiger partial charge is 0.322 e. The number of nitrogens with zero attached hydrogens (tertiary/aromatic N) is 1. The van der Waals surface area contributed by atoms with Gasteiger partial charge in [0.2, 0.25) is 10.0 Å². The van der Waals surface area contributed by atoms with Crippen molar-refractivity contribution in [3.8, 4) is 0 Å². The van der Waals surface area contributed by atoms with E-state index in [4.69, 9.17) is 4.42 Å². The molecule has 9 nitrogen and oxygen atoms in total. The van der Waals surface area contributed by atoms with Gasteiger partial charge in [-0.25, -0.2) is 8.42 Å². The molecule has 10 heteroatoms. The number of nitrogens with one attached hydrogen (secondary N) is 1. The van der Waals surface area contributed by atoms with Crippen LogP contribution in [0.1, 0.15) is 13.8 Å². The summed E-state index contributed by atoms with van der Waals surface area (Å²) in [4.78, 5) is 21.5. The molecule has 2 aromatic carbocycles. The summed E-state index contributed by atoms with van der Waals surface area (Å²) < 4.78 is 32.9. The van der Waals surface area contributed by atoms with Gasteiger partial charge in [-0.3, -0.25) is 14.9 Å². The molecule has 0 spiro atoms. The summed E-state index contributed by atoms with van der Waals surface area (Å²) in [5.74, 6) is -1.72. The highest BCUT2D eigenvalue weighted by Gasteiger charge is 2.28. The van der Waals surface area contributed by atoms with E-state index in [0.29, 0.717) is 16.4 Å². The highest BCUT2D eigenvalue weighted by molar-refractivity contribution is 7.89. The summed E-state index contributed by atoms with van der Waals surface area (Å²) >= 11 is 0. The van der Waals surface area contributed by atoms with Crippen LogP contribution in [-0.2, 0) is 14.8 Å². The first-order valence-electron chi connectivity index (χ1n) is 7.96. The summed E-state index contributed by atoms with van der Waals surface area (Å²) in [6.45, 7) is 3.19. The van der Waals surface area contributed by atoms with Crippen molar-refractivity contribution in [2.45, 2.75) is 24.8 Å². The van der Waals surface area contributed by atoms with Crippen molar-refractivity contribution in [1.82, 2.24) is 4.72 Å². The van der Waals surface area contributed by atoms with Crippen molar-refractivity contribution in [2.24, 2.45) is 5.92 Å². The van der Waals surface area contributed by atoms with E-state index in [9.17, 15) is 28.4 Å². The third-order valence-corrected chi connectivity index (χ3v) is 5.60. The van der Waals surface area contributed by atoms with Crippen molar-refractivity contribution in [2.75, 3.05) is 0 Å². The van der Waals surface area contributed by atoms with Crippen LogP contribution in [0.15, 0.2) is 45.7 Å². The quantitative estimate of drug-likeness (QED) is 0.485. The minimum Gasteiger partial charge on any atom is -0.480 e. The molecule has 0 saturated heterocycles. The fourth-order valence-electron chi connectivity index (χ4n) is 2.73. The number of furan rings is 1. The first-order valence-corrected chi connectivity index (χ1v) is 9.44. The summed E-state index contributed by atoms with van der Waals surface area (Å²) in [7, 11) is -4.10. The van der Waals surface area contributed by atoms with E-state index >= 15 is 0 Å². The second-order valence-electron chi connectivity index (χ2n) is 6.38. The second-order valence-corrected chi connectivity index (χ2v) is 8.09. The van der Waals surface area contributed by atoms with Crippen LogP contribution >= 0.6 is 0 Å². The predicted molar refractivity (Wildman–Crippen MR) is 97.0 cm³/mol. The van der Waals surface area contributed by atoms with Crippen molar-refractivity contribution >= 4 is 43.6 Å². The van der Waals surface area contributed by atoms with Gasteiger partial charge in [0, 0.05) is 29.0 Å². The number of carbonyl (C=O) groups is 1. The average molecular weight is 392 g/mol. The molecule has 0 radical (unpaired) electrons. The van der Waals surface area contributed by atoms with E-state index in [2.05, 4.69) is 4.72 Å². The van der Waals surface area contributed by atoms with Gasteiger partial charge in [-0.1, -0.05) is 13.8 Å². The molecule has 1 atom stereocenters. The maximum atomic E-state index is 12.5. The van der Waals surface area contributed by atoms with E-state index in [1.54, 1.807) is 13.8 Å².